The van der Waals surface area contributed by atoms with Gasteiger partial charge >= 0.3 is 0 Å². The molecule has 0 radical (unpaired) electrons. The lowest BCUT2D eigenvalue weighted by atomic mass is 10.2. The molecule has 0 saturated heterocycles. The molecule has 0 aromatic heterocycles. The first kappa shape index (κ1) is 31.9. The molecular weight excluding hydrogens is 707 g/mol. The van der Waals surface area contributed by atoms with Crippen LogP contribution in [0.5, 0.6) is 11.5 Å². The summed E-state index contributed by atoms with van der Waals surface area (Å²) in [7, 11) is 0. The van der Waals surface area contributed by atoms with E-state index < -0.39 is 0 Å². The highest BCUT2D eigenvalue weighted by Crippen LogP contribution is 2.29. The Morgan fingerprint density at radius 3 is 1.33 bits per heavy atom. The second kappa shape index (κ2) is 16.0. The van der Waals surface area contributed by atoms with Crippen LogP contribution < -0.4 is 9.47 Å². The molecule has 0 aliphatic rings. The molecule has 0 N–H and O–H groups in total. The standard InChI is InChI=1S/C32H28Br2Cl2N2O4/c33-27-17-25(35)11-13-29(27)41-21-31(39)37(19-23-7-3-1-4-8-23)15-16-38(20-24-9-5-2-6-10-24)32(40)22-42-30-14-12-26(36)18-28(30)34/h1-14,17-18H,15-16,19-22H2. The van der Waals surface area contributed by atoms with Crippen molar-refractivity contribution in [3.63, 3.8) is 0 Å². The average molecular weight is 735 g/mol. The zero-order valence-corrected chi connectivity index (χ0v) is 27.2. The fraction of sp³-hybridized carbons (Fsp3) is 0.188. The van der Waals surface area contributed by atoms with E-state index in [1.54, 1.807) is 46.2 Å². The minimum atomic E-state index is -0.214. The minimum Gasteiger partial charge on any atom is -0.483 e. The average Bonchev–Trinajstić information content (AvgIpc) is 2.98. The van der Waals surface area contributed by atoms with Gasteiger partial charge in [0.25, 0.3) is 11.8 Å². The summed E-state index contributed by atoms with van der Waals surface area (Å²) in [5.74, 6) is 0.598. The van der Waals surface area contributed by atoms with Gasteiger partial charge in [0.1, 0.15) is 11.5 Å². The Labute approximate surface area is 272 Å². The van der Waals surface area contributed by atoms with Crippen LogP contribution in [0, 0.1) is 0 Å². The Morgan fingerprint density at radius 2 is 0.976 bits per heavy atom. The van der Waals surface area contributed by atoms with Gasteiger partial charge in [-0.15, -0.1) is 0 Å². The van der Waals surface area contributed by atoms with Crippen LogP contribution in [-0.4, -0.2) is 47.9 Å². The molecule has 0 unspecified atom stereocenters. The van der Waals surface area contributed by atoms with E-state index in [0.29, 0.717) is 56.7 Å². The number of carbonyl (C=O) groups excluding carboxylic acids is 2. The molecular formula is C32H28Br2Cl2N2O4. The maximum atomic E-state index is 13.4. The largest absolute Gasteiger partial charge is 0.483 e. The van der Waals surface area contributed by atoms with Gasteiger partial charge in [-0.25, -0.2) is 0 Å². The Morgan fingerprint density at radius 1 is 0.595 bits per heavy atom. The minimum absolute atomic E-state index is 0.173. The van der Waals surface area contributed by atoms with Crippen LogP contribution in [0.4, 0.5) is 0 Å². The van der Waals surface area contributed by atoms with Crippen LogP contribution in [0.1, 0.15) is 11.1 Å². The van der Waals surface area contributed by atoms with E-state index in [9.17, 15) is 9.59 Å². The first-order chi connectivity index (χ1) is 20.3. The molecule has 10 heteroatoms. The third-order valence-electron chi connectivity index (χ3n) is 6.27. The molecule has 0 fully saturated rings. The van der Waals surface area contributed by atoms with Crippen LogP contribution in [0.2, 0.25) is 10.0 Å². The molecule has 42 heavy (non-hydrogen) atoms. The van der Waals surface area contributed by atoms with Crippen LogP contribution in [0.25, 0.3) is 0 Å². The molecule has 0 aliphatic heterocycles. The van der Waals surface area contributed by atoms with Gasteiger partial charge in [-0.2, -0.15) is 0 Å². The maximum absolute atomic E-state index is 13.4. The Bertz CT molecular complexity index is 1380. The monoisotopic (exact) mass is 732 g/mol. The number of nitrogens with zero attached hydrogens (tertiary/aromatic N) is 2. The van der Waals surface area contributed by atoms with Gasteiger partial charge in [0.05, 0.1) is 8.95 Å². The van der Waals surface area contributed by atoms with E-state index >= 15 is 0 Å². The van der Waals surface area contributed by atoms with Gasteiger partial charge in [0.15, 0.2) is 13.2 Å². The lowest BCUT2D eigenvalue weighted by Gasteiger charge is -2.28. The summed E-state index contributed by atoms with van der Waals surface area (Å²) >= 11 is 18.9. The van der Waals surface area contributed by atoms with Crippen molar-refractivity contribution in [1.29, 1.82) is 0 Å². The summed E-state index contributed by atoms with van der Waals surface area (Å²) in [6.45, 7) is 0.976. The second-order valence-corrected chi connectivity index (χ2v) is 11.9. The third-order valence-corrected chi connectivity index (χ3v) is 7.98. The van der Waals surface area contributed by atoms with Crippen molar-refractivity contribution < 1.29 is 19.1 Å². The van der Waals surface area contributed by atoms with Gasteiger partial charge in [-0.05, 0) is 79.4 Å². The highest BCUT2D eigenvalue weighted by Gasteiger charge is 2.21. The van der Waals surface area contributed by atoms with Crippen molar-refractivity contribution in [1.82, 2.24) is 9.80 Å². The summed E-state index contributed by atoms with van der Waals surface area (Å²) < 4.78 is 13.0. The number of hydrogen-bond donors (Lipinski definition) is 0. The van der Waals surface area contributed by atoms with Crippen LogP contribution in [-0.2, 0) is 22.7 Å². The smallest absolute Gasteiger partial charge is 0.260 e. The maximum Gasteiger partial charge on any atom is 0.260 e. The zero-order chi connectivity index (χ0) is 29.9. The van der Waals surface area contributed by atoms with E-state index in [4.69, 9.17) is 32.7 Å². The molecule has 0 atom stereocenters. The zero-order valence-electron chi connectivity index (χ0n) is 22.5. The number of ether oxygens (including phenoxy) is 2. The Hall–Kier alpha value is -3.04. The lowest BCUT2D eigenvalue weighted by molar-refractivity contribution is -0.138. The normalized spacial score (nSPS) is 10.7. The number of amides is 2. The van der Waals surface area contributed by atoms with Crippen molar-refractivity contribution in [3.8, 4) is 11.5 Å². The summed E-state index contributed by atoms with van der Waals surface area (Å²) in [5.41, 5.74) is 1.94. The molecule has 4 aromatic carbocycles. The molecule has 6 nitrogen and oxygen atoms in total. The first-order valence-electron chi connectivity index (χ1n) is 13.1. The molecule has 0 bridgehead atoms. The van der Waals surface area contributed by atoms with E-state index in [-0.39, 0.29) is 25.0 Å². The van der Waals surface area contributed by atoms with Gasteiger partial charge in [-0.3, -0.25) is 9.59 Å². The van der Waals surface area contributed by atoms with E-state index in [1.807, 2.05) is 60.7 Å². The van der Waals surface area contributed by atoms with Crippen molar-refractivity contribution >= 4 is 66.9 Å². The van der Waals surface area contributed by atoms with Crippen LogP contribution in [0.3, 0.4) is 0 Å². The number of halogens is 4. The van der Waals surface area contributed by atoms with Crippen molar-refractivity contribution in [3.05, 3.63) is 127 Å². The third kappa shape index (κ3) is 9.76. The topological polar surface area (TPSA) is 59.1 Å². The summed E-state index contributed by atoms with van der Waals surface area (Å²) in [6.07, 6.45) is 0. The van der Waals surface area contributed by atoms with Crippen LogP contribution in [0.15, 0.2) is 106 Å². The number of rotatable bonds is 13. The summed E-state index contributed by atoms with van der Waals surface area (Å²) in [5, 5.41) is 1.11. The fourth-order valence-electron chi connectivity index (χ4n) is 4.08. The van der Waals surface area contributed by atoms with Gasteiger partial charge in [-0.1, -0.05) is 83.9 Å². The van der Waals surface area contributed by atoms with E-state index in [2.05, 4.69) is 31.9 Å². The second-order valence-electron chi connectivity index (χ2n) is 9.33. The highest BCUT2D eigenvalue weighted by atomic mass is 79.9. The van der Waals surface area contributed by atoms with Gasteiger partial charge in [0.2, 0.25) is 0 Å². The molecule has 218 valence electrons. The quantitative estimate of drug-likeness (QED) is 0.140. The first-order valence-corrected chi connectivity index (χ1v) is 15.4. The summed E-state index contributed by atoms with van der Waals surface area (Å²) in [6, 6.07) is 29.6. The SMILES string of the molecule is O=C(COc1ccc(Cl)cc1Br)N(CCN(Cc1ccccc1)C(=O)COc1ccc(Cl)cc1Br)Cc1ccccc1. The Kier molecular flexibility index (Phi) is 12.1. The number of benzene rings is 4. The van der Waals surface area contributed by atoms with Crippen LogP contribution >= 0.6 is 55.1 Å². The van der Waals surface area contributed by atoms with E-state index in [1.165, 1.54) is 0 Å². The van der Waals surface area contributed by atoms with Crippen molar-refractivity contribution in [2.75, 3.05) is 26.3 Å². The molecule has 2 amide bonds. The fourth-order valence-corrected chi connectivity index (χ4v) is 5.67. The van der Waals surface area contributed by atoms with Gasteiger partial charge < -0.3 is 19.3 Å². The molecule has 0 spiro atoms. The summed E-state index contributed by atoms with van der Waals surface area (Å²) in [4.78, 5) is 30.3. The number of carbonyl (C=O) groups is 2. The van der Waals surface area contributed by atoms with Gasteiger partial charge in [0, 0.05) is 36.2 Å². The van der Waals surface area contributed by atoms with Crippen molar-refractivity contribution in [2.24, 2.45) is 0 Å². The highest BCUT2D eigenvalue weighted by molar-refractivity contribution is 9.11. The molecule has 0 heterocycles. The molecule has 4 rings (SSSR count). The molecule has 4 aromatic rings. The predicted octanol–water partition coefficient (Wildman–Crippen LogP) is 8.03. The molecule has 0 aliphatic carbocycles. The number of hydrogen-bond acceptors (Lipinski definition) is 4. The Balaban J connectivity index is 1.47. The van der Waals surface area contributed by atoms with E-state index in [0.717, 1.165) is 11.1 Å². The van der Waals surface area contributed by atoms with Crippen molar-refractivity contribution in [2.45, 2.75) is 13.1 Å². The molecule has 0 saturated carbocycles. The lowest BCUT2D eigenvalue weighted by Crippen LogP contribution is -2.43. The predicted molar refractivity (Wildman–Crippen MR) is 173 cm³/mol.